The molecule has 0 radical (unpaired) electrons. The van der Waals surface area contributed by atoms with Crippen LogP contribution in [0.15, 0.2) is 31.0 Å². The Hall–Kier alpha value is -2.10. The summed E-state index contributed by atoms with van der Waals surface area (Å²) in [6, 6.07) is 5.53. The van der Waals surface area contributed by atoms with E-state index in [9.17, 15) is 0 Å². The standard InChI is InChI=1S/C15H18N2O2/c1-4-5-10-19-11(2)12-8-9-16-13-6-7-14(18-3)17-15(12)13/h6-9H,2,4-5,10H2,1,3H3. The monoisotopic (exact) mass is 258 g/mol. The van der Waals surface area contributed by atoms with Crippen LogP contribution in [0.25, 0.3) is 16.8 Å². The van der Waals surface area contributed by atoms with E-state index in [4.69, 9.17) is 9.47 Å². The van der Waals surface area contributed by atoms with Crippen molar-refractivity contribution in [1.29, 1.82) is 0 Å². The quantitative estimate of drug-likeness (QED) is 0.588. The zero-order valence-corrected chi connectivity index (χ0v) is 11.3. The molecule has 0 unspecified atom stereocenters. The molecule has 0 atom stereocenters. The van der Waals surface area contributed by atoms with Crippen LogP contribution in [0.2, 0.25) is 0 Å². The number of ether oxygens (including phenoxy) is 2. The van der Waals surface area contributed by atoms with Crippen molar-refractivity contribution in [3.8, 4) is 5.88 Å². The maximum atomic E-state index is 5.65. The van der Waals surface area contributed by atoms with Crippen LogP contribution in [0.5, 0.6) is 5.88 Å². The number of aromatic nitrogens is 2. The Morgan fingerprint density at radius 1 is 1.32 bits per heavy atom. The first-order valence-corrected chi connectivity index (χ1v) is 6.38. The van der Waals surface area contributed by atoms with Crippen LogP contribution in [0.4, 0.5) is 0 Å². The van der Waals surface area contributed by atoms with Gasteiger partial charge in [-0.15, -0.1) is 0 Å². The Morgan fingerprint density at radius 2 is 2.16 bits per heavy atom. The van der Waals surface area contributed by atoms with Crippen molar-refractivity contribution in [3.63, 3.8) is 0 Å². The highest BCUT2D eigenvalue weighted by Gasteiger charge is 2.09. The summed E-state index contributed by atoms with van der Waals surface area (Å²) >= 11 is 0. The van der Waals surface area contributed by atoms with Gasteiger partial charge in [0.2, 0.25) is 5.88 Å². The van der Waals surface area contributed by atoms with E-state index in [1.807, 2.05) is 12.1 Å². The van der Waals surface area contributed by atoms with E-state index in [2.05, 4.69) is 23.5 Å². The summed E-state index contributed by atoms with van der Waals surface area (Å²) < 4.78 is 10.8. The van der Waals surface area contributed by atoms with Gasteiger partial charge in [0.1, 0.15) is 11.3 Å². The van der Waals surface area contributed by atoms with Crippen LogP contribution in [-0.2, 0) is 4.74 Å². The van der Waals surface area contributed by atoms with Gasteiger partial charge in [0, 0.05) is 17.8 Å². The lowest BCUT2D eigenvalue weighted by molar-refractivity contribution is 0.271. The molecule has 19 heavy (non-hydrogen) atoms. The zero-order valence-electron chi connectivity index (χ0n) is 11.3. The average molecular weight is 258 g/mol. The molecule has 0 spiro atoms. The highest BCUT2D eigenvalue weighted by Crippen LogP contribution is 2.24. The van der Waals surface area contributed by atoms with Gasteiger partial charge in [0.15, 0.2) is 0 Å². The third-order valence-corrected chi connectivity index (χ3v) is 2.84. The lowest BCUT2D eigenvalue weighted by Gasteiger charge is -2.11. The van der Waals surface area contributed by atoms with Crippen molar-refractivity contribution >= 4 is 16.8 Å². The highest BCUT2D eigenvalue weighted by atomic mass is 16.5. The lowest BCUT2D eigenvalue weighted by Crippen LogP contribution is -1.97. The molecule has 4 nitrogen and oxygen atoms in total. The number of rotatable bonds is 6. The van der Waals surface area contributed by atoms with E-state index >= 15 is 0 Å². The summed E-state index contributed by atoms with van der Waals surface area (Å²) in [6.45, 7) is 6.77. The summed E-state index contributed by atoms with van der Waals surface area (Å²) in [5.74, 6) is 1.18. The molecule has 0 fully saturated rings. The predicted molar refractivity (Wildman–Crippen MR) is 76.0 cm³/mol. The van der Waals surface area contributed by atoms with Crippen molar-refractivity contribution < 1.29 is 9.47 Å². The van der Waals surface area contributed by atoms with Gasteiger partial charge in [-0.05, 0) is 18.6 Å². The second-order valence-corrected chi connectivity index (χ2v) is 4.21. The molecule has 0 aromatic carbocycles. The van der Waals surface area contributed by atoms with Crippen LogP contribution in [0.1, 0.15) is 25.3 Å². The number of methoxy groups -OCH3 is 1. The molecule has 2 aromatic rings. The number of nitrogens with zero attached hydrogens (tertiary/aromatic N) is 2. The van der Waals surface area contributed by atoms with E-state index < -0.39 is 0 Å². The third kappa shape index (κ3) is 3.02. The first-order valence-electron chi connectivity index (χ1n) is 6.38. The summed E-state index contributed by atoms with van der Waals surface area (Å²) in [5, 5.41) is 0. The Bertz CT molecular complexity index is 581. The number of hydrogen-bond acceptors (Lipinski definition) is 4. The van der Waals surface area contributed by atoms with Gasteiger partial charge < -0.3 is 9.47 Å². The molecule has 0 saturated carbocycles. The van der Waals surface area contributed by atoms with Crippen molar-refractivity contribution in [3.05, 3.63) is 36.5 Å². The summed E-state index contributed by atoms with van der Waals surface area (Å²) in [4.78, 5) is 8.70. The highest BCUT2D eigenvalue weighted by molar-refractivity contribution is 5.86. The molecular formula is C15H18N2O2. The first-order chi connectivity index (χ1) is 9.26. The summed E-state index contributed by atoms with van der Waals surface area (Å²) in [5.41, 5.74) is 2.42. The van der Waals surface area contributed by atoms with Crippen molar-refractivity contribution in [2.24, 2.45) is 0 Å². The maximum absolute atomic E-state index is 5.65. The Morgan fingerprint density at radius 3 is 2.89 bits per heavy atom. The molecule has 0 amide bonds. The molecule has 0 aliphatic heterocycles. The summed E-state index contributed by atoms with van der Waals surface area (Å²) in [7, 11) is 1.59. The third-order valence-electron chi connectivity index (χ3n) is 2.84. The number of pyridine rings is 2. The largest absolute Gasteiger partial charge is 0.494 e. The smallest absolute Gasteiger partial charge is 0.213 e. The predicted octanol–water partition coefficient (Wildman–Crippen LogP) is 3.43. The van der Waals surface area contributed by atoms with E-state index in [1.54, 1.807) is 19.4 Å². The van der Waals surface area contributed by atoms with Gasteiger partial charge >= 0.3 is 0 Å². The van der Waals surface area contributed by atoms with Crippen molar-refractivity contribution in [1.82, 2.24) is 9.97 Å². The molecule has 0 bridgehead atoms. The van der Waals surface area contributed by atoms with E-state index in [1.165, 1.54) is 0 Å². The van der Waals surface area contributed by atoms with Crippen LogP contribution in [0, 0.1) is 0 Å². The average Bonchev–Trinajstić information content (AvgIpc) is 2.46. The SMILES string of the molecule is C=C(OCCCC)c1ccnc2ccc(OC)nc12. The normalized spacial score (nSPS) is 10.4. The second-order valence-electron chi connectivity index (χ2n) is 4.21. The van der Waals surface area contributed by atoms with Crippen LogP contribution in [0.3, 0.4) is 0 Å². The summed E-state index contributed by atoms with van der Waals surface area (Å²) in [6.07, 6.45) is 3.84. The number of unbranched alkanes of at least 4 members (excludes halogenated alkanes) is 1. The Kier molecular flexibility index (Phi) is 4.34. The molecule has 0 aliphatic rings. The van der Waals surface area contributed by atoms with E-state index in [0.717, 1.165) is 29.4 Å². The minimum atomic E-state index is 0.558. The molecule has 100 valence electrons. The molecule has 0 aliphatic carbocycles. The minimum Gasteiger partial charge on any atom is -0.494 e. The van der Waals surface area contributed by atoms with Crippen LogP contribution >= 0.6 is 0 Å². The number of fused-ring (bicyclic) bond motifs is 1. The Labute approximate surface area is 113 Å². The van der Waals surface area contributed by atoms with Gasteiger partial charge in [0.25, 0.3) is 0 Å². The van der Waals surface area contributed by atoms with Gasteiger partial charge in [-0.1, -0.05) is 19.9 Å². The molecule has 2 rings (SSSR count). The van der Waals surface area contributed by atoms with Crippen LogP contribution in [-0.4, -0.2) is 23.7 Å². The Balaban J connectivity index is 2.33. The topological polar surface area (TPSA) is 44.2 Å². The first kappa shape index (κ1) is 13.3. The molecule has 0 saturated heterocycles. The van der Waals surface area contributed by atoms with E-state index in [-0.39, 0.29) is 0 Å². The van der Waals surface area contributed by atoms with Crippen molar-refractivity contribution in [2.45, 2.75) is 19.8 Å². The van der Waals surface area contributed by atoms with E-state index in [0.29, 0.717) is 18.2 Å². The molecule has 4 heteroatoms. The molecule has 2 aromatic heterocycles. The lowest BCUT2D eigenvalue weighted by atomic mass is 10.2. The fraction of sp³-hybridized carbons (Fsp3) is 0.333. The van der Waals surface area contributed by atoms with Crippen molar-refractivity contribution in [2.75, 3.05) is 13.7 Å². The van der Waals surface area contributed by atoms with Gasteiger partial charge in [0.05, 0.1) is 19.2 Å². The van der Waals surface area contributed by atoms with Crippen LogP contribution < -0.4 is 4.74 Å². The fourth-order valence-electron chi connectivity index (χ4n) is 1.76. The minimum absolute atomic E-state index is 0.558. The second kappa shape index (κ2) is 6.18. The number of hydrogen-bond donors (Lipinski definition) is 0. The zero-order chi connectivity index (χ0) is 13.7. The maximum Gasteiger partial charge on any atom is 0.213 e. The molecule has 0 N–H and O–H groups in total. The van der Waals surface area contributed by atoms with Gasteiger partial charge in [-0.3, -0.25) is 4.98 Å². The van der Waals surface area contributed by atoms with Gasteiger partial charge in [-0.25, -0.2) is 4.98 Å². The van der Waals surface area contributed by atoms with Gasteiger partial charge in [-0.2, -0.15) is 0 Å². The molecule has 2 heterocycles. The fourth-order valence-corrected chi connectivity index (χ4v) is 1.76. The molecular weight excluding hydrogens is 240 g/mol.